The normalized spacial score (nSPS) is 14.1. The third-order valence-electron chi connectivity index (χ3n) is 14.0. The van der Waals surface area contributed by atoms with Crippen LogP contribution in [0.4, 0.5) is 17.1 Å². The van der Waals surface area contributed by atoms with E-state index in [0.717, 1.165) is 17.1 Å². The Balaban J connectivity index is 0.964. The van der Waals surface area contributed by atoms with Crippen LogP contribution in [0.15, 0.2) is 206 Å². The second-order valence-corrected chi connectivity index (χ2v) is 18.1. The molecule has 0 unspecified atom stereocenters. The van der Waals surface area contributed by atoms with Gasteiger partial charge in [0.2, 0.25) is 0 Å². The van der Waals surface area contributed by atoms with Gasteiger partial charge in [0.25, 0.3) is 0 Å². The summed E-state index contributed by atoms with van der Waals surface area (Å²) in [5.41, 5.74) is 22.6. The van der Waals surface area contributed by atoms with Gasteiger partial charge in [-0.1, -0.05) is 167 Å². The fraction of sp³-hybridized carbons (Fsp3) is 0.100. The molecule has 1 aromatic heterocycles. The van der Waals surface area contributed by atoms with Crippen LogP contribution < -0.4 is 4.90 Å². The number of fused-ring (bicyclic) bond motifs is 9. The Morgan fingerprint density at radius 2 is 0.871 bits per heavy atom. The second-order valence-electron chi connectivity index (χ2n) is 18.1. The molecule has 0 amide bonds. The number of aromatic nitrogens is 1. The molecule has 62 heavy (non-hydrogen) atoms. The molecule has 0 saturated carbocycles. The maximum Gasteiger partial charge on any atom is 0.0541 e. The lowest BCUT2D eigenvalue weighted by Crippen LogP contribution is -2.16. The SMILES string of the molecule is CC1(C)c2ccccc2-c2ccc(N(c3ccc(-c4ccc5c(c4)c4ccccc4n5-c4ccccc4)cc3)c3ccc(-c4cccc5c4-c4ccccc4C5(C)C)cc3)cc21. The highest BCUT2D eigenvalue weighted by atomic mass is 15.1. The number of rotatable bonds is 6. The molecule has 0 atom stereocenters. The van der Waals surface area contributed by atoms with Crippen LogP contribution in [0.3, 0.4) is 0 Å². The van der Waals surface area contributed by atoms with Crippen molar-refractivity contribution in [3.63, 3.8) is 0 Å². The summed E-state index contributed by atoms with van der Waals surface area (Å²) >= 11 is 0. The van der Waals surface area contributed by atoms with Crippen LogP contribution in [0.25, 0.3) is 72.0 Å². The highest BCUT2D eigenvalue weighted by Crippen LogP contribution is 2.53. The third kappa shape index (κ3) is 5.36. The Morgan fingerprint density at radius 3 is 1.63 bits per heavy atom. The number of nitrogens with zero attached hydrogens (tertiary/aromatic N) is 2. The highest BCUT2D eigenvalue weighted by Gasteiger charge is 2.37. The van der Waals surface area contributed by atoms with E-state index in [2.05, 4.69) is 243 Å². The van der Waals surface area contributed by atoms with Crippen molar-refractivity contribution < 1.29 is 0 Å². The van der Waals surface area contributed by atoms with Gasteiger partial charge in [0, 0.05) is 44.4 Å². The van der Waals surface area contributed by atoms with Gasteiger partial charge in [-0.05, 0) is 133 Å². The molecule has 2 aliphatic rings. The van der Waals surface area contributed by atoms with Gasteiger partial charge >= 0.3 is 0 Å². The minimum absolute atomic E-state index is 0.0430. The zero-order valence-electron chi connectivity index (χ0n) is 35.5. The fourth-order valence-corrected chi connectivity index (χ4v) is 10.9. The minimum atomic E-state index is -0.110. The number of hydrogen-bond donors (Lipinski definition) is 0. The lowest BCUT2D eigenvalue weighted by atomic mass is 9.82. The molecule has 2 heteroatoms. The van der Waals surface area contributed by atoms with Crippen LogP contribution in [0, 0.1) is 0 Å². The zero-order chi connectivity index (χ0) is 41.7. The summed E-state index contributed by atoms with van der Waals surface area (Å²) in [5, 5.41) is 2.51. The van der Waals surface area contributed by atoms with Gasteiger partial charge in [0.1, 0.15) is 0 Å². The molecule has 296 valence electrons. The van der Waals surface area contributed by atoms with E-state index in [9.17, 15) is 0 Å². The quantitative estimate of drug-likeness (QED) is 0.163. The van der Waals surface area contributed by atoms with E-state index >= 15 is 0 Å². The Morgan fingerprint density at radius 1 is 0.339 bits per heavy atom. The minimum Gasteiger partial charge on any atom is -0.310 e. The topological polar surface area (TPSA) is 8.17 Å². The van der Waals surface area contributed by atoms with E-state index in [-0.39, 0.29) is 10.8 Å². The summed E-state index contributed by atoms with van der Waals surface area (Å²) in [6.45, 7) is 9.43. The number of benzene rings is 9. The van der Waals surface area contributed by atoms with E-state index in [0.29, 0.717) is 0 Å². The standard InChI is InChI=1S/C60H46N2/c1-59(2)53-22-12-9-19-50(53)58-46(20-14-23-54(58)59)40-27-32-44(33-28-40)61(45-34-35-48-47-17-8-11-21-52(47)60(3,4)55(48)38-45)43-30-25-39(26-31-43)41-29-36-57-51(37-41)49-18-10-13-24-56(49)62(57)42-15-6-5-7-16-42/h5-38H,1-4H3. The molecule has 2 nitrogen and oxygen atoms in total. The van der Waals surface area contributed by atoms with Crippen molar-refractivity contribution in [3.8, 4) is 50.2 Å². The first-order valence-corrected chi connectivity index (χ1v) is 21.8. The molecule has 0 N–H and O–H groups in total. The lowest BCUT2D eigenvalue weighted by molar-refractivity contribution is 0.660. The summed E-state index contributed by atoms with van der Waals surface area (Å²) in [6.07, 6.45) is 0. The van der Waals surface area contributed by atoms with Crippen molar-refractivity contribution in [1.82, 2.24) is 4.57 Å². The van der Waals surface area contributed by atoms with Crippen molar-refractivity contribution in [2.45, 2.75) is 38.5 Å². The molecule has 0 fully saturated rings. The Labute approximate surface area is 364 Å². The van der Waals surface area contributed by atoms with Crippen LogP contribution in [-0.2, 0) is 10.8 Å². The summed E-state index contributed by atoms with van der Waals surface area (Å²) in [5.74, 6) is 0. The first kappa shape index (κ1) is 36.4. The molecule has 12 rings (SSSR count). The zero-order valence-corrected chi connectivity index (χ0v) is 35.5. The van der Waals surface area contributed by atoms with Gasteiger partial charge in [-0.15, -0.1) is 0 Å². The van der Waals surface area contributed by atoms with Crippen LogP contribution in [0.5, 0.6) is 0 Å². The van der Waals surface area contributed by atoms with Gasteiger partial charge in [-0.3, -0.25) is 0 Å². The average Bonchev–Trinajstić information content (AvgIpc) is 3.86. The van der Waals surface area contributed by atoms with Crippen molar-refractivity contribution >= 4 is 38.9 Å². The highest BCUT2D eigenvalue weighted by molar-refractivity contribution is 6.10. The van der Waals surface area contributed by atoms with Gasteiger partial charge < -0.3 is 9.47 Å². The third-order valence-corrected chi connectivity index (χ3v) is 14.0. The van der Waals surface area contributed by atoms with Crippen molar-refractivity contribution in [1.29, 1.82) is 0 Å². The van der Waals surface area contributed by atoms with E-state index in [1.807, 2.05) is 0 Å². The second kappa shape index (κ2) is 13.5. The predicted octanol–water partition coefficient (Wildman–Crippen LogP) is 16.2. The molecule has 0 bridgehead atoms. The van der Waals surface area contributed by atoms with Crippen molar-refractivity contribution in [3.05, 3.63) is 229 Å². The average molecular weight is 795 g/mol. The molecular formula is C60H46N2. The summed E-state index contributed by atoms with van der Waals surface area (Å²) in [6, 6.07) is 76.4. The van der Waals surface area contributed by atoms with Crippen LogP contribution in [-0.4, -0.2) is 4.57 Å². The van der Waals surface area contributed by atoms with E-state index in [4.69, 9.17) is 0 Å². The lowest BCUT2D eigenvalue weighted by Gasteiger charge is -2.28. The van der Waals surface area contributed by atoms with Gasteiger partial charge in [0.15, 0.2) is 0 Å². The molecule has 9 aromatic carbocycles. The number of para-hydroxylation sites is 2. The molecule has 0 saturated heterocycles. The molecular weight excluding hydrogens is 749 g/mol. The van der Waals surface area contributed by atoms with Gasteiger partial charge in [-0.2, -0.15) is 0 Å². The fourth-order valence-electron chi connectivity index (χ4n) is 10.9. The van der Waals surface area contributed by atoms with Crippen molar-refractivity contribution in [2.75, 3.05) is 4.90 Å². The van der Waals surface area contributed by atoms with E-state index in [1.54, 1.807) is 0 Å². The number of hydrogen-bond acceptors (Lipinski definition) is 1. The largest absolute Gasteiger partial charge is 0.310 e. The first-order chi connectivity index (χ1) is 30.3. The van der Waals surface area contributed by atoms with Crippen LogP contribution >= 0.6 is 0 Å². The van der Waals surface area contributed by atoms with E-state index in [1.165, 1.54) is 94.3 Å². The predicted molar refractivity (Wildman–Crippen MR) is 261 cm³/mol. The monoisotopic (exact) mass is 794 g/mol. The molecule has 0 spiro atoms. The van der Waals surface area contributed by atoms with Gasteiger partial charge in [0.05, 0.1) is 11.0 Å². The summed E-state index contributed by atoms with van der Waals surface area (Å²) in [7, 11) is 0. The van der Waals surface area contributed by atoms with Gasteiger partial charge in [-0.25, -0.2) is 0 Å². The molecule has 1 heterocycles. The molecule has 2 aliphatic carbocycles. The summed E-state index contributed by atoms with van der Waals surface area (Å²) in [4.78, 5) is 2.43. The van der Waals surface area contributed by atoms with Crippen LogP contribution in [0.2, 0.25) is 0 Å². The van der Waals surface area contributed by atoms with Crippen molar-refractivity contribution in [2.24, 2.45) is 0 Å². The Kier molecular flexibility index (Phi) is 7.96. The number of anilines is 3. The molecule has 0 aliphatic heterocycles. The van der Waals surface area contributed by atoms with Crippen LogP contribution in [0.1, 0.15) is 49.9 Å². The maximum atomic E-state index is 2.43. The summed E-state index contributed by atoms with van der Waals surface area (Å²) < 4.78 is 2.38. The maximum absolute atomic E-state index is 2.43. The first-order valence-electron chi connectivity index (χ1n) is 21.8. The van der Waals surface area contributed by atoms with E-state index < -0.39 is 0 Å². The smallest absolute Gasteiger partial charge is 0.0541 e. The Bertz CT molecular complexity index is 3380. The Hall–Kier alpha value is -7.42. The molecule has 0 radical (unpaired) electrons. The molecule has 10 aromatic rings.